The molecule has 1 amide bonds. The van der Waals surface area contributed by atoms with E-state index in [-0.39, 0.29) is 43.7 Å². The van der Waals surface area contributed by atoms with E-state index in [2.05, 4.69) is 6.08 Å². The number of rotatable bonds is 9. The van der Waals surface area contributed by atoms with Crippen molar-refractivity contribution in [3.63, 3.8) is 0 Å². The van der Waals surface area contributed by atoms with Crippen LogP contribution in [0, 0.1) is 5.41 Å². The molecule has 0 aromatic heterocycles. The molecule has 2 N–H and O–H groups in total. The highest BCUT2D eigenvalue weighted by Crippen LogP contribution is 2.59. The number of allylic oxidation sites excluding steroid dienone is 2. The van der Waals surface area contributed by atoms with Gasteiger partial charge >= 0.3 is 12.3 Å². The molecule has 4 unspecified atom stereocenters. The van der Waals surface area contributed by atoms with Crippen molar-refractivity contribution in [2.24, 2.45) is 5.41 Å². The maximum Gasteiger partial charge on any atom is 0.416 e. The van der Waals surface area contributed by atoms with E-state index >= 15 is 0 Å². The van der Waals surface area contributed by atoms with Crippen LogP contribution in [-0.4, -0.2) is 66.1 Å². The molecule has 2 bridgehead atoms. The lowest BCUT2D eigenvalue weighted by atomic mass is 9.64. The van der Waals surface area contributed by atoms with E-state index in [9.17, 15) is 33.0 Å². The van der Waals surface area contributed by atoms with Gasteiger partial charge in [0, 0.05) is 28.2 Å². The average molecular weight is 738 g/mol. The normalized spacial score (nSPS) is 23.4. The number of ether oxygens (including phenoxy) is 3. The van der Waals surface area contributed by atoms with Gasteiger partial charge in [-0.3, -0.25) is 4.79 Å². The number of hydrogen-bond donors (Lipinski definition) is 2. The number of fused-ring (bicyclic) bond motifs is 8. The van der Waals surface area contributed by atoms with Crippen LogP contribution >= 0.6 is 0 Å². The first-order valence-corrected chi connectivity index (χ1v) is 18.2. The van der Waals surface area contributed by atoms with Crippen molar-refractivity contribution >= 4 is 11.9 Å². The molecule has 286 valence electrons. The molecule has 1 fully saturated rings. The van der Waals surface area contributed by atoms with E-state index in [1.54, 1.807) is 38.3 Å². The predicted octanol–water partition coefficient (Wildman–Crippen LogP) is 8.65. The number of amides is 1. The van der Waals surface area contributed by atoms with Crippen LogP contribution in [0.15, 0.2) is 72.3 Å². The van der Waals surface area contributed by atoms with Gasteiger partial charge in [-0.05, 0) is 106 Å². The zero-order valence-corrected chi connectivity index (χ0v) is 31.1. The minimum Gasteiger partial charge on any atom is -0.497 e. The number of halogens is 3. The fraction of sp³-hybridized carbons (Fsp3) is 0.476. The van der Waals surface area contributed by atoms with Crippen LogP contribution in [0.4, 0.5) is 18.0 Å². The summed E-state index contributed by atoms with van der Waals surface area (Å²) in [5.74, 6) is 0.107. The molecule has 0 spiro atoms. The smallest absolute Gasteiger partial charge is 0.416 e. The van der Waals surface area contributed by atoms with E-state index < -0.39 is 46.7 Å². The number of methoxy groups -OCH3 is 2. The summed E-state index contributed by atoms with van der Waals surface area (Å²) in [4.78, 5) is 29.4. The molecule has 0 saturated heterocycles. The highest BCUT2D eigenvalue weighted by Gasteiger charge is 2.58. The molecule has 8 nitrogen and oxygen atoms in total. The third-order valence-electron chi connectivity index (χ3n) is 11.2. The Hall–Kier alpha value is -4.35. The van der Waals surface area contributed by atoms with Gasteiger partial charge in [0.1, 0.15) is 11.5 Å². The minimum atomic E-state index is -4.63. The van der Waals surface area contributed by atoms with Gasteiger partial charge in [-0.1, -0.05) is 42.8 Å². The number of hydrogen-bond acceptors (Lipinski definition) is 7. The Kier molecular flexibility index (Phi) is 12.3. The lowest BCUT2D eigenvalue weighted by molar-refractivity contribution is -0.137. The van der Waals surface area contributed by atoms with Gasteiger partial charge < -0.3 is 29.3 Å². The van der Waals surface area contributed by atoms with E-state index in [1.165, 1.54) is 24.1 Å². The highest BCUT2D eigenvalue weighted by atomic mass is 19.4. The third kappa shape index (κ3) is 8.73. The Labute approximate surface area is 309 Å². The molecule has 11 heteroatoms. The average Bonchev–Trinajstić information content (AvgIpc) is 3.38. The molecule has 3 aliphatic rings. The van der Waals surface area contributed by atoms with Crippen molar-refractivity contribution in [1.29, 1.82) is 0 Å². The molecule has 6 rings (SSSR count). The molecule has 4 atom stereocenters. The van der Waals surface area contributed by atoms with E-state index in [0.29, 0.717) is 60.3 Å². The van der Waals surface area contributed by atoms with Crippen molar-refractivity contribution in [1.82, 2.24) is 4.90 Å². The summed E-state index contributed by atoms with van der Waals surface area (Å²) in [7, 11) is 3.07. The van der Waals surface area contributed by atoms with E-state index in [0.717, 1.165) is 17.7 Å². The topological polar surface area (TPSA) is 106 Å². The van der Waals surface area contributed by atoms with Crippen LogP contribution in [0.5, 0.6) is 11.5 Å². The quantitative estimate of drug-likeness (QED) is 0.167. The van der Waals surface area contributed by atoms with Crippen LogP contribution in [0.2, 0.25) is 0 Å². The lowest BCUT2D eigenvalue weighted by Crippen LogP contribution is -2.53. The molecule has 0 radical (unpaired) electrons. The van der Waals surface area contributed by atoms with Crippen molar-refractivity contribution in [3.8, 4) is 11.5 Å². The number of nitrogens with zero attached hydrogens (tertiary/aromatic N) is 1. The zero-order chi connectivity index (χ0) is 38.6. The first kappa shape index (κ1) is 39.8. The molecule has 1 saturated carbocycles. The Morgan fingerprint density at radius 1 is 1.00 bits per heavy atom. The summed E-state index contributed by atoms with van der Waals surface area (Å²) in [5, 5.41) is 23.8. The molecule has 53 heavy (non-hydrogen) atoms. The Morgan fingerprint density at radius 2 is 1.77 bits per heavy atom. The second kappa shape index (κ2) is 16.3. The largest absolute Gasteiger partial charge is 0.497 e. The van der Waals surface area contributed by atoms with Gasteiger partial charge in [0.05, 0.1) is 51.2 Å². The fourth-order valence-corrected chi connectivity index (χ4v) is 8.09. The Balaban J connectivity index is 1.61. The minimum absolute atomic E-state index is 0.0738. The summed E-state index contributed by atoms with van der Waals surface area (Å²) in [6.45, 7) is 5.82. The van der Waals surface area contributed by atoms with Crippen molar-refractivity contribution in [3.05, 3.63) is 106 Å². The Morgan fingerprint density at radius 3 is 2.47 bits per heavy atom. The molecule has 3 aromatic carbocycles. The van der Waals surface area contributed by atoms with Crippen molar-refractivity contribution < 1.29 is 47.2 Å². The van der Waals surface area contributed by atoms with Gasteiger partial charge in [0.25, 0.3) is 0 Å². The number of benzene rings is 3. The van der Waals surface area contributed by atoms with Crippen LogP contribution < -0.4 is 9.47 Å². The summed E-state index contributed by atoms with van der Waals surface area (Å²) in [5.41, 5.74) is -0.0699. The van der Waals surface area contributed by atoms with Crippen LogP contribution in [-0.2, 0) is 23.9 Å². The van der Waals surface area contributed by atoms with Crippen LogP contribution in [0.3, 0.4) is 0 Å². The maximum atomic E-state index is 14.3. The summed E-state index contributed by atoms with van der Waals surface area (Å²) in [6.07, 6.45) is -0.595. The summed E-state index contributed by atoms with van der Waals surface area (Å²) >= 11 is 0. The van der Waals surface area contributed by atoms with Crippen LogP contribution in [0.25, 0.3) is 0 Å². The number of alkyl halides is 3. The van der Waals surface area contributed by atoms with Crippen molar-refractivity contribution in [2.75, 3.05) is 27.4 Å². The second-order valence-corrected chi connectivity index (χ2v) is 14.6. The van der Waals surface area contributed by atoms with Gasteiger partial charge in [0.2, 0.25) is 0 Å². The van der Waals surface area contributed by atoms with Crippen molar-refractivity contribution in [2.45, 2.75) is 96.1 Å². The highest BCUT2D eigenvalue weighted by molar-refractivity contribution is 6.10. The summed E-state index contributed by atoms with van der Waals surface area (Å²) in [6, 6.07) is 15.1. The van der Waals surface area contributed by atoms with Gasteiger partial charge in [-0.2, -0.15) is 13.2 Å². The van der Waals surface area contributed by atoms with Gasteiger partial charge in [-0.25, -0.2) is 4.79 Å². The number of ketones is 1. The zero-order valence-electron chi connectivity index (χ0n) is 31.1. The predicted molar refractivity (Wildman–Crippen MR) is 195 cm³/mol. The molecule has 0 heterocycles. The third-order valence-corrected chi connectivity index (χ3v) is 11.2. The van der Waals surface area contributed by atoms with E-state index in [4.69, 9.17) is 14.2 Å². The monoisotopic (exact) mass is 737 g/mol. The first-order chi connectivity index (χ1) is 25.1. The van der Waals surface area contributed by atoms with E-state index in [1.807, 2.05) is 26.0 Å². The maximum absolute atomic E-state index is 14.3. The first-order valence-electron chi connectivity index (χ1n) is 18.2. The number of aliphatic hydroxyl groups is 2. The standard InChI is InChI=1S/C42H50F3NO7/c1-6-53-39(49)46(25-30-14-16-33(51-4)24-37(30)52-5)26-41(50)20-18-36-34-17-13-28(21-32(47)15-12-27(2)9-8-19-40(36,41)3)22-35(34)38(48)29-10-7-11-31(23-29)42(43,44)45/h7,9-11,13-14,16-17,22-24,32,36,47,50H,6,8,12,15,18-21,25-26H2,1-5H3. The molecule has 3 aliphatic carbocycles. The van der Waals surface area contributed by atoms with Gasteiger partial charge in [0.15, 0.2) is 5.78 Å². The SMILES string of the molecule is CCOC(=O)N(Cc1ccc(OC)cc1OC)CC1(O)CCC2c3ccc(cc3C(=O)c3cccc(C(F)(F)F)c3)CC(O)CCC(C)=CCCC21C. The molecular weight excluding hydrogens is 687 g/mol. The molecular formula is C42H50F3NO7. The molecule has 3 aromatic rings. The second-order valence-electron chi connectivity index (χ2n) is 14.6. The summed E-state index contributed by atoms with van der Waals surface area (Å²) < 4.78 is 57.7. The number of aliphatic hydroxyl groups excluding tert-OH is 1. The lowest BCUT2D eigenvalue weighted by Gasteiger charge is -2.46. The fourth-order valence-electron chi connectivity index (χ4n) is 8.09. The Bertz CT molecular complexity index is 1820. The van der Waals surface area contributed by atoms with Crippen LogP contribution in [0.1, 0.15) is 103 Å². The number of carbonyl (C=O) groups excluding carboxylic acids is 2. The number of carbonyl (C=O) groups is 2. The molecule has 0 aliphatic heterocycles. The van der Waals surface area contributed by atoms with Gasteiger partial charge in [-0.15, -0.1) is 0 Å².